The standard InChI is InChI=1S/C18H22F3N3O/c1-4-14-16(17(25)23-8-11(2)7-12(3)9-23)24-10-13(18(19,20)21)5-6-15(24)22-14/h5-6,10-12H,4,7-9H2,1-3H3. The van der Waals surface area contributed by atoms with Gasteiger partial charge in [0.15, 0.2) is 0 Å². The third kappa shape index (κ3) is 3.37. The summed E-state index contributed by atoms with van der Waals surface area (Å²) in [5.41, 5.74) is 0.376. The van der Waals surface area contributed by atoms with Crippen LogP contribution in [0, 0.1) is 11.8 Å². The molecule has 0 bridgehead atoms. The number of hydrogen-bond acceptors (Lipinski definition) is 2. The number of carbonyl (C=O) groups excluding carboxylic acids is 1. The van der Waals surface area contributed by atoms with E-state index < -0.39 is 11.7 Å². The van der Waals surface area contributed by atoms with Crippen LogP contribution >= 0.6 is 0 Å². The Bertz CT molecular complexity index is 787. The number of amides is 1. The summed E-state index contributed by atoms with van der Waals surface area (Å²) in [5.74, 6) is 0.521. The van der Waals surface area contributed by atoms with Crippen LogP contribution in [0.3, 0.4) is 0 Å². The van der Waals surface area contributed by atoms with Crippen molar-refractivity contribution in [2.45, 2.75) is 39.8 Å². The summed E-state index contributed by atoms with van der Waals surface area (Å²) >= 11 is 0. The summed E-state index contributed by atoms with van der Waals surface area (Å²) in [7, 11) is 0. The molecule has 2 unspecified atom stereocenters. The first kappa shape index (κ1) is 17.8. The number of fused-ring (bicyclic) bond motifs is 1. The van der Waals surface area contributed by atoms with Gasteiger partial charge in [0.05, 0.1) is 11.3 Å². The minimum absolute atomic E-state index is 0.234. The molecule has 1 saturated heterocycles. The van der Waals surface area contributed by atoms with Crippen molar-refractivity contribution in [2.75, 3.05) is 13.1 Å². The van der Waals surface area contributed by atoms with Crippen LogP contribution in [-0.4, -0.2) is 33.3 Å². The number of rotatable bonds is 2. The van der Waals surface area contributed by atoms with Crippen molar-refractivity contribution in [3.63, 3.8) is 0 Å². The van der Waals surface area contributed by atoms with Crippen molar-refractivity contribution >= 4 is 11.6 Å². The number of aromatic nitrogens is 2. The van der Waals surface area contributed by atoms with Crippen molar-refractivity contribution in [1.82, 2.24) is 14.3 Å². The number of hydrogen-bond donors (Lipinski definition) is 0. The van der Waals surface area contributed by atoms with E-state index in [2.05, 4.69) is 18.8 Å². The van der Waals surface area contributed by atoms with E-state index in [-0.39, 0.29) is 11.6 Å². The van der Waals surface area contributed by atoms with E-state index in [0.29, 0.717) is 42.7 Å². The first-order valence-electron chi connectivity index (χ1n) is 8.58. The molecule has 0 radical (unpaired) electrons. The lowest BCUT2D eigenvalue weighted by atomic mass is 9.91. The van der Waals surface area contributed by atoms with Crippen LogP contribution in [0.4, 0.5) is 13.2 Å². The molecule has 1 aliphatic rings. The number of pyridine rings is 1. The molecule has 7 heteroatoms. The van der Waals surface area contributed by atoms with Crippen molar-refractivity contribution in [3.8, 4) is 0 Å². The Kier molecular flexibility index (Phi) is 4.51. The van der Waals surface area contributed by atoms with Crippen LogP contribution in [0.2, 0.25) is 0 Å². The van der Waals surface area contributed by atoms with Crippen LogP contribution in [-0.2, 0) is 12.6 Å². The van der Waals surface area contributed by atoms with Crippen LogP contribution in [0.25, 0.3) is 5.65 Å². The average Bonchev–Trinajstić information content (AvgIpc) is 2.90. The summed E-state index contributed by atoms with van der Waals surface area (Å²) in [4.78, 5) is 19.2. The van der Waals surface area contributed by atoms with E-state index in [9.17, 15) is 18.0 Å². The van der Waals surface area contributed by atoms with Crippen molar-refractivity contribution in [1.29, 1.82) is 0 Å². The Morgan fingerprint density at radius 3 is 2.44 bits per heavy atom. The van der Waals surface area contributed by atoms with Gasteiger partial charge in [-0.15, -0.1) is 0 Å². The molecule has 3 rings (SSSR count). The molecule has 3 heterocycles. The van der Waals surface area contributed by atoms with E-state index in [1.54, 1.807) is 4.90 Å². The lowest BCUT2D eigenvalue weighted by Crippen LogP contribution is -2.43. The molecule has 0 N–H and O–H groups in total. The molecule has 0 aliphatic carbocycles. The zero-order valence-electron chi connectivity index (χ0n) is 14.6. The van der Waals surface area contributed by atoms with Gasteiger partial charge in [-0.3, -0.25) is 9.20 Å². The maximum Gasteiger partial charge on any atom is 0.417 e. The number of piperidine rings is 1. The zero-order chi connectivity index (χ0) is 18.4. The maximum absolute atomic E-state index is 13.1. The number of likely N-dealkylation sites (tertiary alicyclic amines) is 1. The number of aryl methyl sites for hydroxylation is 1. The van der Waals surface area contributed by atoms with Gasteiger partial charge in [-0.2, -0.15) is 13.2 Å². The highest BCUT2D eigenvalue weighted by Crippen LogP contribution is 2.30. The molecular weight excluding hydrogens is 331 g/mol. The van der Waals surface area contributed by atoms with E-state index in [1.807, 2.05) is 6.92 Å². The predicted molar refractivity (Wildman–Crippen MR) is 88.4 cm³/mol. The Hall–Kier alpha value is -2.05. The molecule has 2 atom stereocenters. The molecule has 2 aromatic heterocycles. The highest BCUT2D eigenvalue weighted by Gasteiger charge is 2.33. The fourth-order valence-electron chi connectivity index (χ4n) is 3.71. The molecule has 25 heavy (non-hydrogen) atoms. The van der Waals surface area contributed by atoms with Gasteiger partial charge in [0.25, 0.3) is 5.91 Å². The van der Waals surface area contributed by atoms with Gasteiger partial charge in [0, 0.05) is 19.3 Å². The summed E-state index contributed by atoms with van der Waals surface area (Å²) < 4.78 is 40.5. The summed E-state index contributed by atoms with van der Waals surface area (Å²) in [6.07, 6.45) is -1.94. The second-order valence-electron chi connectivity index (χ2n) is 7.06. The highest BCUT2D eigenvalue weighted by atomic mass is 19.4. The monoisotopic (exact) mass is 353 g/mol. The Labute approximate surface area is 144 Å². The van der Waals surface area contributed by atoms with Crippen LogP contribution < -0.4 is 0 Å². The molecule has 1 amide bonds. The minimum atomic E-state index is -4.46. The fraction of sp³-hybridized carbons (Fsp3) is 0.556. The van der Waals surface area contributed by atoms with Gasteiger partial charge < -0.3 is 4.90 Å². The Balaban J connectivity index is 2.08. The average molecular weight is 353 g/mol. The smallest absolute Gasteiger partial charge is 0.337 e. The zero-order valence-corrected chi connectivity index (χ0v) is 14.6. The number of imidazole rings is 1. The fourth-order valence-corrected chi connectivity index (χ4v) is 3.71. The maximum atomic E-state index is 13.1. The molecular formula is C18H22F3N3O. The molecule has 1 aliphatic heterocycles. The SMILES string of the molecule is CCc1nc2ccc(C(F)(F)F)cn2c1C(=O)N1CC(C)CC(C)C1. The quantitative estimate of drug-likeness (QED) is 0.817. The van der Waals surface area contributed by atoms with Crippen LogP contribution in [0.15, 0.2) is 18.3 Å². The molecule has 0 aromatic carbocycles. The van der Waals surface area contributed by atoms with E-state index in [4.69, 9.17) is 0 Å². The summed E-state index contributed by atoms with van der Waals surface area (Å²) in [5, 5.41) is 0. The molecule has 0 saturated carbocycles. The largest absolute Gasteiger partial charge is 0.417 e. The van der Waals surface area contributed by atoms with Gasteiger partial charge in [-0.05, 0) is 36.8 Å². The molecule has 2 aromatic rings. The Morgan fingerprint density at radius 2 is 1.88 bits per heavy atom. The van der Waals surface area contributed by atoms with Crippen molar-refractivity contribution in [2.24, 2.45) is 11.8 Å². The number of carbonyl (C=O) groups is 1. The van der Waals surface area contributed by atoms with Crippen molar-refractivity contribution in [3.05, 3.63) is 35.3 Å². The minimum Gasteiger partial charge on any atom is -0.337 e. The van der Waals surface area contributed by atoms with Crippen LogP contribution in [0.5, 0.6) is 0 Å². The summed E-state index contributed by atoms with van der Waals surface area (Å²) in [6, 6.07) is 2.32. The van der Waals surface area contributed by atoms with Crippen LogP contribution in [0.1, 0.15) is 48.9 Å². The van der Waals surface area contributed by atoms with Gasteiger partial charge in [-0.25, -0.2) is 4.98 Å². The first-order valence-corrected chi connectivity index (χ1v) is 8.58. The van der Waals surface area contributed by atoms with E-state index in [1.165, 1.54) is 10.5 Å². The molecule has 0 spiro atoms. The number of alkyl halides is 3. The topological polar surface area (TPSA) is 37.6 Å². The second kappa shape index (κ2) is 6.35. The number of halogens is 3. The molecule has 4 nitrogen and oxygen atoms in total. The summed E-state index contributed by atoms with van der Waals surface area (Å²) in [6.45, 7) is 7.28. The second-order valence-corrected chi connectivity index (χ2v) is 7.06. The molecule has 136 valence electrons. The van der Waals surface area contributed by atoms with Gasteiger partial charge >= 0.3 is 6.18 Å². The van der Waals surface area contributed by atoms with Crippen molar-refractivity contribution < 1.29 is 18.0 Å². The van der Waals surface area contributed by atoms with E-state index >= 15 is 0 Å². The number of nitrogens with zero attached hydrogens (tertiary/aromatic N) is 3. The third-order valence-electron chi connectivity index (χ3n) is 4.71. The van der Waals surface area contributed by atoms with E-state index in [0.717, 1.165) is 18.7 Å². The third-order valence-corrected chi connectivity index (χ3v) is 4.71. The van der Waals surface area contributed by atoms with Gasteiger partial charge in [-0.1, -0.05) is 20.8 Å². The normalized spacial score (nSPS) is 21.8. The Morgan fingerprint density at radius 1 is 1.24 bits per heavy atom. The first-order chi connectivity index (χ1) is 11.7. The molecule has 1 fully saturated rings. The predicted octanol–water partition coefficient (Wildman–Crippen LogP) is 4.03. The lowest BCUT2D eigenvalue weighted by molar-refractivity contribution is -0.137. The van der Waals surface area contributed by atoms with Gasteiger partial charge in [0.1, 0.15) is 11.3 Å². The lowest BCUT2D eigenvalue weighted by Gasteiger charge is -2.35. The highest BCUT2D eigenvalue weighted by molar-refractivity contribution is 5.95. The van der Waals surface area contributed by atoms with Gasteiger partial charge in [0.2, 0.25) is 0 Å².